The third kappa shape index (κ3) is 3.23. The van der Waals surface area contributed by atoms with E-state index in [2.05, 4.69) is 15.3 Å². The van der Waals surface area contributed by atoms with Gasteiger partial charge in [0, 0.05) is 11.3 Å². The van der Waals surface area contributed by atoms with Gasteiger partial charge in [0.05, 0.1) is 20.9 Å². The largest absolute Gasteiger partial charge is 0.321 e. The van der Waals surface area contributed by atoms with E-state index in [1.165, 1.54) is 23.5 Å². The summed E-state index contributed by atoms with van der Waals surface area (Å²) < 4.78 is 14.1. The monoisotopic (exact) mass is 383 g/mol. The molecule has 0 unspecified atom stereocenters. The number of nitrogens with zero attached hydrogens (tertiary/aromatic N) is 2. The second-order valence-corrected chi connectivity index (χ2v) is 8.04. The van der Waals surface area contributed by atoms with Crippen molar-refractivity contribution in [2.75, 3.05) is 5.32 Å². The van der Waals surface area contributed by atoms with Crippen LogP contribution >= 0.6 is 22.7 Å². The minimum Gasteiger partial charge on any atom is -0.321 e. The molecule has 0 saturated carbocycles. The number of carbonyl (C=O) groups excluding carboxylic acids is 1. The third-order valence-corrected chi connectivity index (χ3v) is 5.99. The number of amides is 1. The Morgan fingerprint density at radius 1 is 1.04 bits per heavy atom. The van der Waals surface area contributed by atoms with E-state index in [9.17, 15) is 9.18 Å². The van der Waals surface area contributed by atoms with Gasteiger partial charge in [-0.3, -0.25) is 4.79 Å². The second-order valence-electron chi connectivity index (χ2n) is 5.81. The fourth-order valence-corrected chi connectivity index (χ4v) is 4.46. The van der Waals surface area contributed by atoms with Crippen LogP contribution in [0.15, 0.2) is 42.5 Å². The standard InChI is InChI=1S/C19H14FN3OS2/c1-10-17(26-19(21-10)12-3-5-13(20)6-4-12)18(24)23-14-7-8-15-16(9-14)25-11(2)22-15/h3-9H,1-2H3,(H,23,24). The summed E-state index contributed by atoms with van der Waals surface area (Å²) in [6.07, 6.45) is 0. The summed E-state index contributed by atoms with van der Waals surface area (Å²) in [5, 5.41) is 4.61. The Balaban J connectivity index is 1.60. The number of aromatic nitrogens is 2. The highest BCUT2D eigenvalue weighted by Crippen LogP contribution is 2.29. The molecule has 2 aromatic carbocycles. The number of carbonyl (C=O) groups is 1. The van der Waals surface area contributed by atoms with Gasteiger partial charge in [0.2, 0.25) is 0 Å². The van der Waals surface area contributed by atoms with Gasteiger partial charge >= 0.3 is 0 Å². The molecule has 2 heterocycles. The summed E-state index contributed by atoms with van der Waals surface area (Å²) >= 11 is 2.89. The van der Waals surface area contributed by atoms with E-state index < -0.39 is 0 Å². The van der Waals surface area contributed by atoms with E-state index >= 15 is 0 Å². The zero-order chi connectivity index (χ0) is 18.3. The zero-order valence-electron chi connectivity index (χ0n) is 14.0. The van der Waals surface area contributed by atoms with Crippen LogP contribution in [0.5, 0.6) is 0 Å². The van der Waals surface area contributed by atoms with Gasteiger partial charge in [-0.2, -0.15) is 0 Å². The van der Waals surface area contributed by atoms with Crippen LogP contribution in [-0.4, -0.2) is 15.9 Å². The number of benzene rings is 2. The quantitative estimate of drug-likeness (QED) is 0.513. The molecule has 1 N–H and O–H groups in total. The SMILES string of the molecule is Cc1nc2ccc(NC(=O)c3sc(-c4ccc(F)cc4)nc3C)cc2s1. The maximum Gasteiger partial charge on any atom is 0.267 e. The van der Waals surface area contributed by atoms with Crippen LogP contribution in [0.2, 0.25) is 0 Å². The van der Waals surface area contributed by atoms with Crippen molar-refractivity contribution in [3.05, 3.63) is 63.9 Å². The number of anilines is 1. The van der Waals surface area contributed by atoms with Crippen molar-refractivity contribution in [1.82, 2.24) is 9.97 Å². The molecule has 26 heavy (non-hydrogen) atoms. The van der Waals surface area contributed by atoms with Crippen molar-refractivity contribution >= 4 is 44.5 Å². The molecule has 7 heteroatoms. The van der Waals surface area contributed by atoms with E-state index in [-0.39, 0.29) is 11.7 Å². The van der Waals surface area contributed by atoms with Crippen LogP contribution in [0, 0.1) is 19.7 Å². The van der Waals surface area contributed by atoms with Crippen LogP contribution < -0.4 is 5.32 Å². The Kier molecular flexibility index (Phi) is 4.26. The summed E-state index contributed by atoms with van der Waals surface area (Å²) in [4.78, 5) is 22.1. The first-order valence-corrected chi connectivity index (χ1v) is 9.55. The summed E-state index contributed by atoms with van der Waals surface area (Å²) in [6.45, 7) is 3.76. The lowest BCUT2D eigenvalue weighted by atomic mass is 10.2. The van der Waals surface area contributed by atoms with E-state index in [1.807, 2.05) is 25.1 Å². The van der Waals surface area contributed by atoms with Gasteiger partial charge in [0.1, 0.15) is 15.7 Å². The maximum atomic E-state index is 13.1. The van der Waals surface area contributed by atoms with Crippen molar-refractivity contribution < 1.29 is 9.18 Å². The molecule has 0 aliphatic heterocycles. The minimum atomic E-state index is -0.298. The summed E-state index contributed by atoms with van der Waals surface area (Å²) in [5.41, 5.74) is 3.10. The van der Waals surface area contributed by atoms with E-state index in [0.717, 1.165) is 26.5 Å². The van der Waals surface area contributed by atoms with Gasteiger partial charge in [-0.25, -0.2) is 14.4 Å². The molecule has 0 fully saturated rings. The lowest BCUT2D eigenvalue weighted by Gasteiger charge is -2.03. The van der Waals surface area contributed by atoms with Crippen molar-refractivity contribution in [3.63, 3.8) is 0 Å². The molecule has 0 atom stereocenters. The van der Waals surface area contributed by atoms with Gasteiger partial charge < -0.3 is 5.32 Å². The van der Waals surface area contributed by atoms with Crippen molar-refractivity contribution in [1.29, 1.82) is 0 Å². The number of nitrogens with one attached hydrogen (secondary N) is 1. The Morgan fingerprint density at radius 2 is 1.81 bits per heavy atom. The number of rotatable bonds is 3. The summed E-state index contributed by atoms with van der Waals surface area (Å²) in [5.74, 6) is -0.498. The first-order valence-electron chi connectivity index (χ1n) is 7.91. The van der Waals surface area contributed by atoms with Crippen LogP contribution in [0.3, 0.4) is 0 Å². The highest BCUT2D eigenvalue weighted by Gasteiger charge is 2.17. The van der Waals surface area contributed by atoms with Gasteiger partial charge in [0.15, 0.2) is 0 Å². The van der Waals surface area contributed by atoms with Crippen LogP contribution in [-0.2, 0) is 0 Å². The average molecular weight is 383 g/mol. The fraction of sp³-hybridized carbons (Fsp3) is 0.105. The Morgan fingerprint density at radius 3 is 2.58 bits per heavy atom. The molecule has 0 aliphatic rings. The number of halogens is 1. The molecular formula is C19H14FN3OS2. The molecule has 4 rings (SSSR count). The predicted octanol–water partition coefficient (Wildman–Crippen LogP) is 5.43. The first-order chi connectivity index (χ1) is 12.5. The molecular weight excluding hydrogens is 369 g/mol. The lowest BCUT2D eigenvalue weighted by molar-refractivity contribution is 0.103. The van der Waals surface area contributed by atoms with E-state index in [4.69, 9.17) is 0 Å². The number of thiazole rings is 2. The average Bonchev–Trinajstić information content (AvgIpc) is 3.17. The normalized spacial score (nSPS) is 11.0. The van der Waals surface area contributed by atoms with Gasteiger partial charge in [-0.15, -0.1) is 22.7 Å². The molecule has 0 saturated heterocycles. The van der Waals surface area contributed by atoms with Crippen molar-refractivity contribution in [2.45, 2.75) is 13.8 Å². The van der Waals surface area contributed by atoms with Gasteiger partial charge in [-0.05, 0) is 56.3 Å². The van der Waals surface area contributed by atoms with Crippen molar-refractivity contribution in [2.24, 2.45) is 0 Å². The smallest absolute Gasteiger partial charge is 0.267 e. The second kappa shape index (κ2) is 6.59. The maximum absolute atomic E-state index is 13.1. The number of fused-ring (bicyclic) bond motifs is 1. The van der Waals surface area contributed by atoms with Crippen LogP contribution in [0.1, 0.15) is 20.4 Å². The number of aryl methyl sites for hydroxylation is 2. The van der Waals surface area contributed by atoms with E-state index in [0.29, 0.717) is 15.6 Å². The summed E-state index contributed by atoms with van der Waals surface area (Å²) in [6, 6.07) is 11.8. The topological polar surface area (TPSA) is 54.9 Å². The predicted molar refractivity (Wildman–Crippen MR) is 105 cm³/mol. The molecule has 0 bridgehead atoms. The highest BCUT2D eigenvalue weighted by atomic mass is 32.1. The van der Waals surface area contributed by atoms with E-state index in [1.54, 1.807) is 30.4 Å². The molecule has 0 radical (unpaired) electrons. The first kappa shape index (κ1) is 16.8. The molecule has 4 aromatic rings. The molecule has 1 amide bonds. The lowest BCUT2D eigenvalue weighted by Crippen LogP contribution is -2.11. The van der Waals surface area contributed by atoms with Gasteiger partial charge in [0.25, 0.3) is 5.91 Å². The van der Waals surface area contributed by atoms with Crippen molar-refractivity contribution in [3.8, 4) is 10.6 Å². The van der Waals surface area contributed by atoms with Crippen LogP contribution in [0.4, 0.5) is 10.1 Å². The molecule has 0 aliphatic carbocycles. The molecule has 4 nitrogen and oxygen atoms in total. The highest BCUT2D eigenvalue weighted by molar-refractivity contribution is 7.18. The fourth-order valence-electron chi connectivity index (χ4n) is 2.63. The minimum absolute atomic E-state index is 0.200. The Hall–Kier alpha value is -2.64. The number of hydrogen-bond acceptors (Lipinski definition) is 5. The molecule has 130 valence electrons. The Bertz CT molecular complexity index is 1120. The summed E-state index contributed by atoms with van der Waals surface area (Å²) in [7, 11) is 0. The van der Waals surface area contributed by atoms with Crippen LogP contribution in [0.25, 0.3) is 20.8 Å². The zero-order valence-corrected chi connectivity index (χ0v) is 15.7. The van der Waals surface area contributed by atoms with Gasteiger partial charge in [-0.1, -0.05) is 0 Å². The third-order valence-electron chi connectivity index (χ3n) is 3.85. The molecule has 2 aromatic heterocycles. The number of hydrogen-bond donors (Lipinski definition) is 1. The molecule has 0 spiro atoms. The Labute approximate surface area is 157 Å².